The monoisotopic (exact) mass is 222 g/mol. The molecule has 1 aromatic rings. The third-order valence-electron chi connectivity index (χ3n) is 1.55. The standard InChI is InChI=1S/C7H8ClFN2O3/c8-1-4(12)2-11-3-5(9)6(13)10-7(11)14/h3-4,12H,1-2H2,(H,10,13,14)/t4-/m1/s1. The lowest BCUT2D eigenvalue weighted by molar-refractivity contribution is 0.174. The molecule has 0 aliphatic carbocycles. The number of halogens is 2. The van der Waals surface area contributed by atoms with Crippen LogP contribution in [0.1, 0.15) is 0 Å². The van der Waals surface area contributed by atoms with Crippen LogP contribution in [0, 0.1) is 5.82 Å². The van der Waals surface area contributed by atoms with Crippen LogP contribution < -0.4 is 11.2 Å². The van der Waals surface area contributed by atoms with Gasteiger partial charge in [-0.25, -0.2) is 4.79 Å². The van der Waals surface area contributed by atoms with Crippen LogP contribution >= 0.6 is 11.6 Å². The highest BCUT2D eigenvalue weighted by atomic mass is 35.5. The van der Waals surface area contributed by atoms with Gasteiger partial charge in [0.25, 0.3) is 5.56 Å². The van der Waals surface area contributed by atoms with Crippen molar-refractivity contribution in [2.75, 3.05) is 5.88 Å². The van der Waals surface area contributed by atoms with Crippen LogP contribution in [0.3, 0.4) is 0 Å². The number of rotatable bonds is 3. The Bertz CT molecular complexity index is 428. The highest BCUT2D eigenvalue weighted by Crippen LogP contribution is 1.92. The predicted molar refractivity (Wildman–Crippen MR) is 48.0 cm³/mol. The van der Waals surface area contributed by atoms with Crippen molar-refractivity contribution in [2.24, 2.45) is 0 Å². The zero-order chi connectivity index (χ0) is 10.7. The molecule has 0 radical (unpaired) electrons. The quantitative estimate of drug-likeness (QED) is 0.663. The Kier molecular flexibility index (Phi) is 3.43. The van der Waals surface area contributed by atoms with Crippen molar-refractivity contribution in [3.63, 3.8) is 0 Å². The van der Waals surface area contributed by atoms with Crippen molar-refractivity contribution in [3.8, 4) is 0 Å². The van der Waals surface area contributed by atoms with Gasteiger partial charge in [0, 0.05) is 0 Å². The number of nitrogens with zero attached hydrogens (tertiary/aromatic N) is 1. The first-order valence-electron chi connectivity index (χ1n) is 3.78. The molecule has 1 rings (SSSR count). The third-order valence-corrected chi connectivity index (χ3v) is 1.91. The summed E-state index contributed by atoms with van der Waals surface area (Å²) in [6, 6.07) is 0. The fourth-order valence-electron chi connectivity index (χ4n) is 0.894. The maximum Gasteiger partial charge on any atom is 0.328 e. The van der Waals surface area contributed by atoms with Gasteiger partial charge in [-0.1, -0.05) is 0 Å². The molecular weight excluding hydrogens is 215 g/mol. The number of H-pyrrole nitrogens is 1. The van der Waals surface area contributed by atoms with Crippen LogP contribution in [0.5, 0.6) is 0 Å². The average Bonchev–Trinajstić information content (AvgIpc) is 2.14. The molecule has 1 atom stereocenters. The molecule has 0 amide bonds. The predicted octanol–water partition coefficient (Wildman–Crippen LogP) is -0.725. The minimum atomic E-state index is -1.08. The van der Waals surface area contributed by atoms with Crippen molar-refractivity contribution < 1.29 is 9.50 Å². The van der Waals surface area contributed by atoms with Gasteiger partial charge >= 0.3 is 5.69 Å². The van der Waals surface area contributed by atoms with Gasteiger partial charge in [-0.15, -0.1) is 11.6 Å². The zero-order valence-corrected chi connectivity index (χ0v) is 7.79. The molecule has 2 N–H and O–H groups in total. The molecule has 0 saturated heterocycles. The first-order chi connectivity index (χ1) is 6.54. The fourth-order valence-corrected chi connectivity index (χ4v) is 0.992. The number of nitrogens with one attached hydrogen (secondary N) is 1. The van der Waals surface area contributed by atoms with Crippen LogP contribution in [0.2, 0.25) is 0 Å². The van der Waals surface area contributed by atoms with Gasteiger partial charge in [0.1, 0.15) is 0 Å². The topological polar surface area (TPSA) is 75.1 Å². The van der Waals surface area contributed by atoms with E-state index in [1.54, 1.807) is 4.98 Å². The molecule has 0 aromatic carbocycles. The van der Waals surface area contributed by atoms with Gasteiger partial charge in [-0.3, -0.25) is 14.3 Å². The van der Waals surface area contributed by atoms with E-state index in [4.69, 9.17) is 16.7 Å². The van der Waals surface area contributed by atoms with Gasteiger partial charge in [-0.05, 0) is 0 Å². The second-order valence-electron chi connectivity index (χ2n) is 2.70. The van der Waals surface area contributed by atoms with E-state index in [-0.39, 0.29) is 12.4 Å². The summed E-state index contributed by atoms with van der Waals surface area (Å²) in [5.41, 5.74) is -1.85. The molecule has 0 aliphatic heterocycles. The molecule has 0 bridgehead atoms. The Morgan fingerprint density at radius 3 is 2.86 bits per heavy atom. The SMILES string of the molecule is O=c1[nH]c(=O)n(C[C@H](O)CCl)cc1F. The molecule has 1 heterocycles. The minimum absolute atomic E-state index is 0.0762. The van der Waals surface area contributed by atoms with E-state index >= 15 is 0 Å². The number of hydrogen-bond acceptors (Lipinski definition) is 3. The molecule has 1 aromatic heterocycles. The summed E-state index contributed by atoms with van der Waals surface area (Å²) in [4.78, 5) is 23.4. The van der Waals surface area contributed by atoms with E-state index in [1.165, 1.54) is 0 Å². The first kappa shape index (κ1) is 10.9. The Morgan fingerprint density at radius 1 is 1.64 bits per heavy atom. The van der Waals surface area contributed by atoms with E-state index in [1.807, 2.05) is 0 Å². The normalized spacial score (nSPS) is 12.8. The Hall–Kier alpha value is -1.14. The average molecular weight is 223 g/mol. The maximum atomic E-state index is 12.7. The summed E-state index contributed by atoms with van der Waals surface area (Å²) >= 11 is 5.29. The molecule has 0 aliphatic rings. The van der Waals surface area contributed by atoms with Crippen molar-refractivity contribution >= 4 is 11.6 Å². The van der Waals surface area contributed by atoms with Crippen molar-refractivity contribution in [1.82, 2.24) is 9.55 Å². The molecule has 5 nitrogen and oxygen atoms in total. The summed E-state index contributed by atoms with van der Waals surface area (Å²) in [6.07, 6.45) is -0.226. The van der Waals surface area contributed by atoms with Crippen molar-refractivity contribution in [2.45, 2.75) is 12.6 Å². The smallest absolute Gasteiger partial charge is 0.328 e. The Morgan fingerprint density at radius 2 is 2.29 bits per heavy atom. The molecule has 78 valence electrons. The maximum absolute atomic E-state index is 12.7. The number of aromatic nitrogens is 2. The van der Waals surface area contributed by atoms with E-state index in [0.29, 0.717) is 0 Å². The lowest BCUT2D eigenvalue weighted by Gasteiger charge is -2.08. The van der Waals surface area contributed by atoms with Crippen molar-refractivity contribution in [1.29, 1.82) is 0 Å². The Balaban J connectivity index is 3.04. The van der Waals surface area contributed by atoms with E-state index in [0.717, 1.165) is 10.8 Å². The number of aliphatic hydroxyl groups excluding tert-OH is 1. The molecule has 7 heteroatoms. The van der Waals surface area contributed by atoms with Gasteiger partial charge < -0.3 is 5.11 Å². The number of alkyl halides is 1. The minimum Gasteiger partial charge on any atom is -0.390 e. The lowest BCUT2D eigenvalue weighted by atomic mass is 10.4. The molecule has 0 fully saturated rings. The van der Waals surface area contributed by atoms with Crippen LogP contribution in [0.25, 0.3) is 0 Å². The number of aromatic amines is 1. The molecule has 0 unspecified atom stereocenters. The van der Waals surface area contributed by atoms with Gasteiger partial charge in [0.2, 0.25) is 5.82 Å². The highest BCUT2D eigenvalue weighted by molar-refractivity contribution is 6.18. The summed E-state index contributed by atoms with van der Waals surface area (Å²) in [6.45, 7) is -0.157. The van der Waals surface area contributed by atoms with E-state index in [2.05, 4.69) is 0 Å². The van der Waals surface area contributed by atoms with Crippen LogP contribution in [0.4, 0.5) is 4.39 Å². The molecular formula is C7H8ClFN2O3. The lowest BCUT2D eigenvalue weighted by Crippen LogP contribution is -2.34. The van der Waals surface area contributed by atoms with Crippen molar-refractivity contribution in [3.05, 3.63) is 32.9 Å². The zero-order valence-electron chi connectivity index (χ0n) is 7.04. The molecule has 0 saturated carbocycles. The Labute approximate surface area is 82.8 Å². The van der Waals surface area contributed by atoms with Gasteiger partial charge in [0.05, 0.1) is 24.7 Å². The number of hydrogen-bond donors (Lipinski definition) is 2. The van der Waals surface area contributed by atoms with Gasteiger partial charge in [0.15, 0.2) is 0 Å². The third kappa shape index (κ3) is 2.43. The van der Waals surface area contributed by atoms with Gasteiger partial charge in [-0.2, -0.15) is 4.39 Å². The van der Waals surface area contributed by atoms with Crippen LogP contribution in [-0.4, -0.2) is 26.6 Å². The fraction of sp³-hybridized carbons (Fsp3) is 0.429. The van der Waals surface area contributed by atoms with E-state index in [9.17, 15) is 14.0 Å². The van der Waals surface area contributed by atoms with Crippen LogP contribution in [0.15, 0.2) is 15.8 Å². The second-order valence-corrected chi connectivity index (χ2v) is 3.01. The summed E-state index contributed by atoms with van der Waals surface area (Å²) in [5.74, 6) is -1.15. The number of aliphatic hydroxyl groups is 1. The summed E-state index contributed by atoms with van der Waals surface area (Å²) in [5, 5.41) is 9.09. The van der Waals surface area contributed by atoms with Crippen LogP contribution in [-0.2, 0) is 6.54 Å². The summed E-state index contributed by atoms with van der Waals surface area (Å²) < 4.78 is 13.5. The first-order valence-corrected chi connectivity index (χ1v) is 4.31. The largest absolute Gasteiger partial charge is 0.390 e. The second kappa shape index (κ2) is 4.39. The molecule has 0 spiro atoms. The molecule has 14 heavy (non-hydrogen) atoms. The highest BCUT2D eigenvalue weighted by Gasteiger charge is 2.07. The summed E-state index contributed by atoms with van der Waals surface area (Å²) in [7, 11) is 0. The van der Waals surface area contributed by atoms with E-state index < -0.39 is 23.2 Å².